The van der Waals surface area contributed by atoms with E-state index in [2.05, 4.69) is 6.92 Å². The average Bonchev–Trinajstić information content (AvgIpc) is 2.96. The number of carbonyl (C=O) groups excluding carboxylic acids is 2. The first kappa shape index (κ1) is 36.7. The second-order valence-corrected chi connectivity index (χ2v) is 11.4. The van der Waals surface area contributed by atoms with E-state index in [1.54, 1.807) is 24.3 Å². The Morgan fingerprint density at radius 3 is 1.49 bits per heavy atom. The zero-order valence-corrected chi connectivity index (χ0v) is 26.7. The van der Waals surface area contributed by atoms with Crippen molar-refractivity contribution in [2.24, 2.45) is 0 Å². The van der Waals surface area contributed by atoms with Crippen molar-refractivity contribution in [1.82, 2.24) is 0 Å². The quantitative estimate of drug-likeness (QED) is 0.0454. The summed E-state index contributed by atoms with van der Waals surface area (Å²) in [6, 6.07) is 5.11. The highest BCUT2D eigenvalue weighted by Crippen LogP contribution is 2.28. The molecule has 0 aliphatic heterocycles. The van der Waals surface area contributed by atoms with Crippen LogP contribution in [0.25, 0.3) is 6.08 Å². The summed E-state index contributed by atoms with van der Waals surface area (Å²) in [6.07, 6.45) is 33.0. The molecular weight excluding hydrogens is 512 g/mol. The fraction of sp³-hybridized carbons (Fsp3) is 0.722. The standard InChI is InChI=1S/C36H60O5/c1-4-5-6-7-8-9-10-11-12-13-14-15-16-17-18-19-20-21-22-23-24-25-30-40-36(38)29-27-33-26-28-34(41-32(2)37)35(31-33)39-3/h26-29,31H,4-25,30H2,1-3H3/b29-27+. The van der Waals surface area contributed by atoms with Crippen LogP contribution in [0.4, 0.5) is 0 Å². The Labute approximate surface area is 251 Å². The monoisotopic (exact) mass is 572 g/mol. The summed E-state index contributed by atoms with van der Waals surface area (Å²) in [7, 11) is 1.51. The molecule has 0 aromatic heterocycles. The van der Waals surface area contributed by atoms with Crippen molar-refractivity contribution < 1.29 is 23.8 Å². The van der Waals surface area contributed by atoms with Crippen molar-refractivity contribution in [3.63, 3.8) is 0 Å². The predicted octanol–water partition coefficient (Wildman–Crippen LogP) is 10.8. The molecule has 234 valence electrons. The fourth-order valence-electron chi connectivity index (χ4n) is 5.12. The van der Waals surface area contributed by atoms with Crippen molar-refractivity contribution in [3.05, 3.63) is 29.8 Å². The van der Waals surface area contributed by atoms with Crippen LogP contribution in [0.5, 0.6) is 11.5 Å². The van der Waals surface area contributed by atoms with Crippen LogP contribution in [-0.2, 0) is 14.3 Å². The van der Waals surface area contributed by atoms with E-state index in [4.69, 9.17) is 14.2 Å². The molecule has 5 heteroatoms. The van der Waals surface area contributed by atoms with Gasteiger partial charge in [-0.2, -0.15) is 0 Å². The largest absolute Gasteiger partial charge is 0.493 e. The summed E-state index contributed by atoms with van der Waals surface area (Å²) >= 11 is 0. The highest BCUT2D eigenvalue weighted by atomic mass is 16.6. The molecule has 5 nitrogen and oxygen atoms in total. The van der Waals surface area contributed by atoms with Gasteiger partial charge in [0.2, 0.25) is 0 Å². The van der Waals surface area contributed by atoms with E-state index >= 15 is 0 Å². The highest BCUT2D eigenvalue weighted by Gasteiger charge is 2.07. The normalized spacial score (nSPS) is 11.2. The molecular formula is C36H60O5. The first-order valence-corrected chi connectivity index (χ1v) is 16.8. The van der Waals surface area contributed by atoms with Crippen molar-refractivity contribution in [2.75, 3.05) is 13.7 Å². The Kier molecular flexibility index (Phi) is 23.8. The van der Waals surface area contributed by atoms with Gasteiger partial charge in [-0.3, -0.25) is 4.79 Å². The van der Waals surface area contributed by atoms with Gasteiger partial charge in [-0.05, 0) is 30.2 Å². The Balaban J connectivity index is 1.87. The van der Waals surface area contributed by atoms with Gasteiger partial charge in [0, 0.05) is 13.0 Å². The minimum Gasteiger partial charge on any atom is -0.493 e. The number of carbonyl (C=O) groups is 2. The summed E-state index contributed by atoms with van der Waals surface area (Å²) in [5, 5.41) is 0. The number of methoxy groups -OCH3 is 1. The number of hydrogen-bond donors (Lipinski definition) is 0. The van der Waals surface area contributed by atoms with E-state index in [-0.39, 0.29) is 5.97 Å². The van der Waals surface area contributed by atoms with Crippen molar-refractivity contribution in [2.45, 2.75) is 155 Å². The molecule has 41 heavy (non-hydrogen) atoms. The van der Waals surface area contributed by atoms with E-state index < -0.39 is 5.97 Å². The lowest BCUT2D eigenvalue weighted by atomic mass is 10.0. The third-order valence-corrected chi connectivity index (χ3v) is 7.60. The third kappa shape index (κ3) is 22.0. The number of benzene rings is 1. The maximum atomic E-state index is 12.0. The summed E-state index contributed by atoms with van der Waals surface area (Å²) in [5.41, 5.74) is 0.763. The lowest BCUT2D eigenvalue weighted by Crippen LogP contribution is -2.03. The van der Waals surface area contributed by atoms with Crippen LogP contribution in [0.3, 0.4) is 0 Å². The van der Waals surface area contributed by atoms with Crippen molar-refractivity contribution in [3.8, 4) is 11.5 Å². The van der Waals surface area contributed by atoms with Crippen LogP contribution >= 0.6 is 0 Å². The summed E-state index contributed by atoms with van der Waals surface area (Å²) in [4.78, 5) is 23.1. The molecule has 0 fully saturated rings. The lowest BCUT2D eigenvalue weighted by Gasteiger charge is -2.08. The number of esters is 2. The Hall–Kier alpha value is -2.30. The molecule has 0 radical (unpaired) electrons. The second-order valence-electron chi connectivity index (χ2n) is 11.4. The topological polar surface area (TPSA) is 61.8 Å². The van der Waals surface area contributed by atoms with Crippen LogP contribution < -0.4 is 9.47 Å². The van der Waals surface area contributed by atoms with Gasteiger partial charge < -0.3 is 14.2 Å². The zero-order chi connectivity index (χ0) is 29.8. The molecule has 0 unspecified atom stereocenters. The average molecular weight is 573 g/mol. The van der Waals surface area contributed by atoms with Crippen molar-refractivity contribution >= 4 is 18.0 Å². The minimum absolute atomic E-state index is 0.350. The van der Waals surface area contributed by atoms with Gasteiger partial charge in [0.15, 0.2) is 11.5 Å². The molecule has 0 spiro atoms. The van der Waals surface area contributed by atoms with Crippen LogP contribution in [-0.4, -0.2) is 25.7 Å². The predicted molar refractivity (Wildman–Crippen MR) is 172 cm³/mol. The molecule has 0 heterocycles. The van der Waals surface area contributed by atoms with Gasteiger partial charge in [-0.1, -0.05) is 148 Å². The number of hydrogen-bond acceptors (Lipinski definition) is 5. The van der Waals surface area contributed by atoms with E-state index in [1.165, 1.54) is 149 Å². The molecule has 0 atom stereocenters. The van der Waals surface area contributed by atoms with Gasteiger partial charge >= 0.3 is 11.9 Å². The van der Waals surface area contributed by atoms with E-state index in [1.807, 2.05) is 0 Å². The number of rotatable bonds is 27. The summed E-state index contributed by atoms with van der Waals surface area (Å²) in [5.74, 6) is 0.0254. The van der Waals surface area contributed by atoms with Crippen LogP contribution in [0.15, 0.2) is 24.3 Å². The molecule has 0 saturated heterocycles. The minimum atomic E-state index is -0.412. The second kappa shape index (κ2) is 26.6. The molecule has 0 aliphatic carbocycles. The molecule has 0 amide bonds. The maximum Gasteiger partial charge on any atom is 0.330 e. The Morgan fingerprint density at radius 1 is 0.634 bits per heavy atom. The van der Waals surface area contributed by atoms with Gasteiger partial charge in [0.25, 0.3) is 0 Å². The lowest BCUT2D eigenvalue weighted by molar-refractivity contribution is -0.137. The molecule has 1 aromatic carbocycles. The SMILES string of the molecule is CCCCCCCCCCCCCCCCCCCCCCCCOC(=O)/C=C/c1ccc(OC(C)=O)c(OC)c1. The van der Waals surface area contributed by atoms with Gasteiger partial charge in [-0.15, -0.1) is 0 Å². The Bertz CT molecular complexity index is 816. The number of ether oxygens (including phenoxy) is 3. The van der Waals surface area contributed by atoms with E-state index in [9.17, 15) is 9.59 Å². The zero-order valence-electron chi connectivity index (χ0n) is 26.7. The molecule has 0 N–H and O–H groups in total. The van der Waals surface area contributed by atoms with E-state index in [0.717, 1.165) is 18.4 Å². The van der Waals surface area contributed by atoms with Gasteiger partial charge in [-0.25, -0.2) is 4.79 Å². The summed E-state index contributed by atoms with van der Waals surface area (Å²) < 4.78 is 15.7. The molecule has 1 aromatic rings. The maximum absolute atomic E-state index is 12.0. The van der Waals surface area contributed by atoms with Crippen molar-refractivity contribution in [1.29, 1.82) is 0 Å². The number of unbranched alkanes of at least 4 members (excludes halogenated alkanes) is 21. The van der Waals surface area contributed by atoms with Crippen LogP contribution in [0.1, 0.15) is 161 Å². The van der Waals surface area contributed by atoms with Gasteiger partial charge in [0.1, 0.15) is 0 Å². The van der Waals surface area contributed by atoms with E-state index in [0.29, 0.717) is 18.1 Å². The smallest absolute Gasteiger partial charge is 0.330 e. The van der Waals surface area contributed by atoms with Crippen LogP contribution in [0.2, 0.25) is 0 Å². The summed E-state index contributed by atoms with van der Waals surface area (Å²) in [6.45, 7) is 4.08. The molecule has 0 aliphatic rings. The first-order valence-electron chi connectivity index (χ1n) is 16.8. The van der Waals surface area contributed by atoms with Gasteiger partial charge in [0.05, 0.1) is 13.7 Å². The molecule has 0 bridgehead atoms. The highest BCUT2D eigenvalue weighted by molar-refractivity contribution is 5.87. The molecule has 1 rings (SSSR count). The first-order chi connectivity index (χ1) is 20.1. The Morgan fingerprint density at radius 2 is 1.07 bits per heavy atom. The fourth-order valence-corrected chi connectivity index (χ4v) is 5.12. The van der Waals surface area contributed by atoms with Crippen LogP contribution in [0, 0.1) is 0 Å². The molecule has 0 saturated carbocycles. The third-order valence-electron chi connectivity index (χ3n) is 7.60.